The Hall–Kier alpha value is 0.290. The molecular weight excluding hydrogens is 168 g/mol. The number of rotatable bonds is 2. The second kappa shape index (κ2) is 3.21. The van der Waals surface area contributed by atoms with E-state index in [-0.39, 0.29) is 0 Å². The Morgan fingerprint density at radius 3 is 2.33 bits per heavy atom. The van der Waals surface area contributed by atoms with Crippen LogP contribution in [-0.2, 0) is 0 Å². The normalized spacial score (nSPS) is 51.8. The summed E-state index contributed by atoms with van der Waals surface area (Å²) in [5, 5.41) is 0.516. The highest BCUT2D eigenvalue weighted by Crippen LogP contribution is 2.56. The van der Waals surface area contributed by atoms with Crippen molar-refractivity contribution in [2.45, 2.75) is 44.9 Å². The zero-order valence-electron chi connectivity index (χ0n) is 8.09. The summed E-state index contributed by atoms with van der Waals surface area (Å²) in [6, 6.07) is 0. The lowest BCUT2D eigenvalue weighted by atomic mass is 9.76. The zero-order valence-corrected chi connectivity index (χ0v) is 8.85. The SMILES string of the molecule is CCC1C2CC(Cl)C(C2)C1CC. The van der Waals surface area contributed by atoms with Crippen molar-refractivity contribution < 1.29 is 0 Å². The summed E-state index contributed by atoms with van der Waals surface area (Å²) in [4.78, 5) is 0. The Bertz CT molecular complexity index is 164. The van der Waals surface area contributed by atoms with Crippen molar-refractivity contribution >= 4 is 11.6 Å². The van der Waals surface area contributed by atoms with Crippen LogP contribution in [0.25, 0.3) is 0 Å². The molecule has 12 heavy (non-hydrogen) atoms. The summed E-state index contributed by atoms with van der Waals surface area (Å²) in [7, 11) is 0. The molecule has 5 unspecified atom stereocenters. The molecule has 2 rings (SSSR count). The van der Waals surface area contributed by atoms with E-state index in [2.05, 4.69) is 13.8 Å². The molecule has 2 bridgehead atoms. The molecule has 0 saturated heterocycles. The summed E-state index contributed by atoms with van der Waals surface area (Å²) in [5.41, 5.74) is 0. The average molecular weight is 187 g/mol. The van der Waals surface area contributed by atoms with Crippen molar-refractivity contribution in [2.75, 3.05) is 0 Å². The molecule has 2 fully saturated rings. The van der Waals surface area contributed by atoms with Gasteiger partial charge >= 0.3 is 0 Å². The van der Waals surface area contributed by atoms with Crippen LogP contribution in [0.1, 0.15) is 39.5 Å². The average Bonchev–Trinajstić information content (AvgIpc) is 2.58. The van der Waals surface area contributed by atoms with Gasteiger partial charge in [0.05, 0.1) is 0 Å². The second-order valence-electron chi connectivity index (χ2n) is 4.56. The van der Waals surface area contributed by atoms with Crippen molar-refractivity contribution in [1.29, 1.82) is 0 Å². The van der Waals surface area contributed by atoms with Gasteiger partial charge in [-0.2, -0.15) is 0 Å². The maximum absolute atomic E-state index is 6.30. The molecular formula is C11H19Cl. The molecule has 0 aromatic heterocycles. The molecule has 70 valence electrons. The highest BCUT2D eigenvalue weighted by molar-refractivity contribution is 6.21. The van der Waals surface area contributed by atoms with Crippen molar-refractivity contribution in [1.82, 2.24) is 0 Å². The van der Waals surface area contributed by atoms with E-state index in [0.717, 1.165) is 23.7 Å². The summed E-state index contributed by atoms with van der Waals surface area (Å²) < 4.78 is 0. The Morgan fingerprint density at radius 1 is 1.08 bits per heavy atom. The van der Waals surface area contributed by atoms with Crippen LogP contribution < -0.4 is 0 Å². The third kappa shape index (κ3) is 1.11. The number of fused-ring (bicyclic) bond motifs is 2. The minimum absolute atomic E-state index is 0.516. The molecule has 0 heterocycles. The number of hydrogen-bond acceptors (Lipinski definition) is 0. The van der Waals surface area contributed by atoms with Gasteiger partial charge in [0.25, 0.3) is 0 Å². The molecule has 0 nitrogen and oxygen atoms in total. The first-order valence-electron chi connectivity index (χ1n) is 5.42. The van der Waals surface area contributed by atoms with Gasteiger partial charge in [-0.25, -0.2) is 0 Å². The minimum atomic E-state index is 0.516. The second-order valence-corrected chi connectivity index (χ2v) is 5.12. The van der Waals surface area contributed by atoms with Crippen LogP contribution >= 0.6 is 11.6 Å². The van der Waals surface area contributed by atoms with Gasteiger partial charge in [-0.15, -0.1) is 11.6 Å². The standard InChI is InChI=1S/C11H19Cl/c1-3-8-7-5-10(9(8)4-2)11(12)6-7/h7-11H,3-6H2,1-2H3. The Kier molecular flexibility index (Phi) is 2.37. The Balaban J connectivity index is 2.11. The van der Waals surface area contributed by atoms with E-state index < -0.39 is 0 Å². The first-order valence-corrected chi connectivity index (χ1v) is 5.85. The molecule has 0 aromatic rings. The highest BCUT2D eigenvalue weighted by Gasteiger charge is 2.49. The first-order chi connectivity index (χ1) is 5.77. The monoisotopic (exact) mass is 186 g/mol. The van der Waals surface area contributed by atoms with Crippen LogP contribution in [0, 0.1) is 23.7 Å². The van der Waals surface area contributed by atoms with Gasteiger partial charge in [-0.1, -0.05) is 26.7 Å². The number of alkyl halides is 1. The zero-order chi connectivity index (χ0) is 8.72. The van der Waals surface area contributed by atoms with Crippen molar-refractivity contribution in [2.24, 2.45) is 23.7 Å². The molecule has 0 aliphatic heterocycles. The number of halogens is 1. The molecule has 2 saturated carbocycles. The molecule has 2 aliphatic rings. The molecule has 0 radical (unpaired) electrons. The van der Waals surface area contributed by atoms with E-state index in [1.165, 1.54) is 25.7 Å². The lowest BCUT2D eigenvalue weighted by molar-refractivity contribution is 0.212. The van der Waals surface area contributed by atoms with Gasteiger partial charge in [-0.05, 0) is 36.5 Å². The quantitative estimate of drug-likeness (QED) is 0.578. The van der Waals surface area contributed by atoms with Crippen LogP contribution in [0.5, 0.6) is 0 Å². The van der Waals surface area contributed by atoms with Crippen molar-refractivity contribution in [3.8, 4) is 0 Å². The lowest BCUT2D eigenvalue weighted by Crippen LogP contribution is -2.27. The third-order valence-corrected chi connectivity index (χ3v) is 4.72. The van der Waals surface area contributed by atoms with Crippen LogP contribution in [0.4, 0.5) is 0 Å². The van der Waals surface area contributed by atoms with Crippen LogP contribution in [-0.4, -0.2) is 5.38 Å². The largest absolute Gasteiger partial charge is 0.123 e. The van der Waals surface area contributed by atoms with Gasteiger partial charge in [-0.3, -0.25) is 0 Å². The van der Waals surface area contributed by atoms with Gasteiger partial charge < -0.3 is 0 Å². The summed E-state index contributed by atoms with van der Waals surface area (Å²) in [5.74, 6) is 3.81. The van der Waals surface area contributed by atoms with E-state index in [0.29, 0.717) is 5.38 Å². The van der Waals surface area contributed by atoms with Crippen LogP contribution in [0.2, 0.25) is 0 Å². The maximum Gasteiger partial charge on any atom is 0.0369 e. The molecule has 0 spiro atoms. The van der Waals surface area contributed by atoms with Gasteiger partial charge in [0.2, 0.25) is 0 Å². The van der Waals surface area contributed by atoms with Crippen LogP contribution in [0.3, 0.4) is 0 Å². The van der Waals surface area contributed by atoms with Crippen molar-refractivity contribution in [3.63, 3.8) is 0 Å². The van der Waals surface area contributed by atoms with Gasteiger partial charge in [0.1, 0.15) is 0 Å². The predicted octanol–water partition coefficient (Wildman–Crippen LogP) is 3.69. The lowest BCUT2D eigenvalue weighted by Gasteiger charge is -2.32. The van der Waals surface area contributed by atoms with E-state index in [1.807, 2.05) is 0 Å². The van der Waals surface area contributed by atoms with Gasteiger partial charge in [0.15, 0.2) is 0 Å². The first kappa shape index (κ1) is 8.87. The minimum Gasteiger partial charge on any atom is -0.123 e. The maximum atomic E-state index is 6.30. The summed E-state index contributed by atoms with van der Waals surface area (Å²) in [6.45, 7) is 4.68. The van der Waals surface area contributed by atoms with E-state index >= 15 is 0 Å². The van der Waals surface area contributed by atoms with E-state index in [1.54, 1.807) is 0 Å². The van der Waals surface area contributed by atoms with Gasteiger partial charge in [0, 0.05) is 5.38 Å². The molecule has 5 atom stereocenters. The Labute approximate surface area is 80.7 Å². The fourth-order valence-corrected chi connectivity index (χ4v) is 4.28. The summed E-state index contributed by atoms with van der Waals surface area (Å²) >= 11 is 6.30. The van der Waals surface area contributed by atoms with E-state index in [4.69, 9.17) is 11.6 Å². The fraction of sp³-hybridized carbons (Fsp3) is 1.00. The molecule has 2 aliphatic carbocycles. The highest BCUT2D eigenvalue weighted by atomic mass is 35.5. The topological polar surface area (TPSA) is 0 Å². The van der Waals surface area contributed by atoms with Crippen LogP contribution in [0.15, 0.2) is 0 Å². The van der Waals surface area contributed by atoms with E-state index in [9.17, 15) is 0 Å². The smallest absolute Gasteiger partial charge is 0.0369 e. The molecule has 0 amide bonds. The van der Waals surface area contributed by atoms with Crippen molar-refractivity contribution in [3.05, 3.63) is 0 Å². The molecule has 0 aromatic carbocycles. The molecule has 0 N–H and O–H groups in total. The fourth-order valence-electron chi connectivity index (χ4n) is 3.76. The summed E-state index contributed by atoms with van der Waals surface area (Å²) in [6.07, 6.45) is 5.47. The number of hydrogen-bond donors (Lipinski definition) is 0. The molecule has 1 heteroatoms. The third-order valence-electron chi connectivity index (χ3n) is 4.22. The Morgan fingerprint density at radius 2 is 1.75 bits per heavy atom. The predicted molar refractivity (Wildman–Crippen MR) is 53.4 cm³/mol.